The Kier molecular flexibility index (Phi) is 5.03. The van der Waals surface area contributed by atoms with Crippen molar-refractivity contribution in [3.8, 4) is 5.75 Å². The molecule has 6 nitrogen and oxygen atoms in total. The van der Waals surface area contributed by atoms with Crippen LogP contribution in [-0.4, -0.2) is 29.4 Å². The third kappa shape index (κ3) is 3.51. The van der Waals surface area contributed by atoms with Gasteiger partial charge >= 0.3 is 0 Å². The Labute approximate surface area is 147 Å². The third-order valence-electron chi connectivity index (χ3n) is 3.93. The van der Waals surface area contributed by atoms with E-state index in [0.717, 1.165) is 28.9 Å². The van der Waals surface area contributed by atoms with Crippen LogP contribution in [0.2, 0.25) is 0 Å². The molecule has 0 fully saturated rings. The smallest absolute Gasteiger partial charge is 0.288 e. The summed E-state index contributed by atoms with van der Waals surface area (Å²) in [5, 5.41) is 7.79. The van der Waals surface area contributed by atoms with Crippen molar-refractivity contribution in [1.29, 1.82) is 0 Å². The summed E-state index contributed by atoms with van der Waals surface area (Å²) in [6.45, 7) is 4.44. The highest BCUT2D eigenvalue weighted by molar-refractivity contribution is 7.90. The molecule has 132 valence electrons. The van der Waals surface area contributed by atoms with Crippen LogP contribution in [0.15, 0.2) is 47.4 Å². The number of fused-ring (bicyclic) bond motifs is 1. The van der Waals surface area contributed by atoms with Crippen molar-refractivity contribution in [3.05, 3.63) is 48.0 Å². The van der Waals surface area contributed by atoms with E-state index in [0.29, 0.717) is 23.4 Å². The Morgan fingerprint density at radius 3 is 2.72 bits per heavy atom. The Balaban J connectivity index is 2.03. The van der Waals surface area contributed by atoms with Gasteiger partial charge in [0, 0.05) is 0 Å². The van der Waals surface area contributed by atoms with Crippen LogP contribution in [0, 0.1) is 6.92 Å². The molecule has 25 heavy (non-hydrogen) atoms. The second-order valence-corrected chi connectivity index (χ2v) is 7.67. The molecule has 0 aliphatic carbocycles. The molecule has 0 bridgehead atoms. The number of rotatable bonds is 7. The van der Waals surface area contributed by atoms with Crippen molar-refractivity contribution < 1.29 is 13.2 Å². The molecule has 0 atom stereocenters. The van der Waals surface area contributed by atoms with Crippen LogP contribution in [0.5, 0.6) is 5.75 Å². The first-order valence-electron chi connectivity index (χ1n) is 8.33. The first-order valence-corrected chi connectivity index (χ1v) is 9.77. The van der Waals surface area contributed by atoms with E-state index in [4.69, 9.17) is 4.74 Å². The fraction of sp³-hybridized carbons (Fsp3) is 0.333. The van der Waals surface area contributed by atoms with E-state index in [1.54, 1.807) is 36.4 Å². The summed E-state index contributed by atoms with van der Waals surface area (Å²) in [6, 6.07) is 12.1. The number of hydrogen-bond acceptors (Lipinski definition) is 5. The van der Waals surface area contributed by atoms with E-state index in [9.17, 15) is 8.42 Å². The minimum Gasteiger partial charge on any atom is -0.492 e. The molecule has 1 heterocycles. The molecule has 3 rings (SSSR count). The molecule has 2 aromatic carbocycles. The van der Waals surface area contributed by atoms with Gasteiger partial charge in [0.2, 0.25) is 0 Å². The van der Waals surface area contributed by atoms with Gasteiger partial charge in [-0.05, 0) is 43.2 Å². The lowest BCUT2D eigenvalue weighted by molar-refractivity contribution is 0.298. The first-order chi connectivity index (χ1) is 12.0. The Bertz CT molecular complexity index is 980. The van der Waals surface area contributed by atoms with Gasteiger partial charge in [-0.3, -0.25) is 0 Å². The van der Waals surface area contributed by atoms with Gasteiger partial charge in [0.1, 0.15) is 21.7 Å². The van der Waals surface area contributed by atoms with Crippen LogP contribution in [0.3, 0.4) is 0 Å². The largest absolute Gasteiger partial charge is 0.492 e. The van der Waals surface area contributed by atoms with E-state index >= 15 is 0 Å². The minimum absolute atomic E-state index is 0.111. The van der Waals surface area contributed by atoms with Gasteiger partial charge < -0.3 is 4.74 Å². The van der Waals surface area contributed by atoms with Crippen molar-refractivity contribution >= 4 is 21.1 Å². The molecular formula is C18H21N3O3S. The summed E-state index contributed by atoms with van der Waals surface area (Å²) in [4.78, 5) is 0.111. The molecule has 0 aliphatic heterocycles. The molecule has 0 radical (unpaired) electrons. The van der Waals surface area contributed by atoms with Crippen molar-refractivity contribution in [2.24, 2.45) is 0 Å². The SMILES string of the molecule is CCCCCOc1ccc(C)cc1S(=O)(=O)n1nnc2ccccc21. The third-order valence-corrected chi connectivity index (χ3v) is 5.53. The topological polar surface area (TPSA) is 74.1 Å². The van der Waals surface area contributed by atoms with Gasteiger partial charge in [0.25, 0.3) is 10.0 Å². The Morgan fingerprint density at radius 2 is 1.92 bits per heavy atom. The molecule has 1 aromatic heterocycles. The van der Waals surface area contributed by atoms with Gasteiger partial charge in [-0.1, -0.05) is 43.2 Å². The van der Waals surface area contributed by atoms with E-state index in [1.807, 2.05) is 13.0 Å². The summed E-state index contributed by atoms with van der Waals surface area (Å²) >= 11 is 0. The van der Waals surface area contributed by atoms with Crippen LogP contribution in [0.25, 0.3) is 11.0 Å². The zero-order chi connectivity index (χ0) is 17.9. The number of aromatic nitrogens is 3. The molecule has 0 unspecified atom stereocenters. The monoisotopic (exact) mass is 359 g/mol. The predicted octanol–water partition coefficient (Wildman–Crippen LogP) is 3.55. The van der Waals surface area contributed by atoms with Gasteiger partial charge in [0.15, 0.2) is 0 Å². The number of nitrogens with zero attached hydrogens (tertiary/aromatic N) is 3. The van der Waals surface area contributed by atoms with Crippen LogP contribution in [-0.2, 0) is 10.0 Å². The normalized spacial score (nSPS) is 11.8. The maximum atomic E-state index is 13.2. The van der Waals surface area contributed by atoms with Crippen LogP contribution < -0.4 is 4.74 Å². The maximum Gasteiger partial charge on any atom is 0.288 e. The lowest BCUT2D eigenvalue weighted by Crippen LogP contribution is -2.16. The van der Waals surface area contributed by atoms with Gasteiger partial charge in [-0.15, -0.1) is 9.19 Å². The van der Waals surface area contributed by atoms with Crippen LogP contribution in [0.4, 0.5) is 0 Å². The van der Waals surface area contributed by atoms with E-state index in [2.05, 4.69) is 17.2 Å². The molecule has 0 saturated heterocycles. The molecule has 0 amide bonds. The number of benzene rings is 2. The summed E-state index contributed by atoms with van der Waals surface area (Å²) in [5.41, 5.74) is 1.81. The number of para-hydroxylation sites is 1. The fourth-order valence-electron chi connectivity index (χ4n) is 2.59. The standard InChI is InChI=1S/C18H21N3O3S/c1-3-4-7-12-24-17-11-10-14(2)13-18(17)25(22,23)21-16-9-6-5-8-15(16)19-20-21/h5-6,8-11,13H,3-4,7,12H2,1-2H3. The number of ether oxygens (including phenoxy) is 1. The minimum atomic E-state index is -3.90. The molecule has 7 heteroatoms. The van der Waals surface area contributed by atoms with Crippen molar-refractivity contribution in [2.75, 3.05) is 6.61 Å². The van der Waals surface area contributed by atoms with Gasteiger partial charge in [-0.25, -0.2) is 0 Å². The lowest BCUT2D eigenvalue weighted by Gasteiger charge is -2.13. The zero-order valence-electron chi connectivity index (χ0n) is 14.3. The summed E-state index contributed by atoms with van der Waals surface area (Å²) in [6.07, 6.45) is 3.01. The number of hydrogen-bond donors (Lipinski definition) is 0. The molecule has 3 aromatic rings. The number of aryl methyl sites for hydroxylation is 1. The second kappa shape index (κ2) is 7.23. The van der Waals surface area contributed by atoms with E-state index in [-0.39, 0.29) is 4.90 Å². The summed E-state index contributed by atoms with van der Waals surface area (Å²) in [5.74, 6) is 0.348. The number of unbranched alkanes of at least 4 members (excludes halogenated alkanes) is 2. The quantitative estimate of drug-likeness (QED) is 0.603. The summed E-state index contributed by atoms with van der Waals surface area (Å²) in [7, 11) is -3.90. The zero-order valence-corrected chi connectivity index (χ0v) is 15.2. The molecule has 0 N–H and O–H groups in total. The Morgan fingerprint density at radius 1 is 1.12 bits per heavy atom. The average molecular weight is 359 g/mol. The first kappa shape index (κ1) is 17.4. The van der Waals surface area contributed by atoms with Gasteiger partial charge in [-0.2, -0.15) is 8.42 Å². The average Bonchev–Trinajstić information content (AvgIpc) is 3.04. The highest BCUT2D eigenvalue weighted by Crippen LogP contribution is 2.28. The predicted molar refractivity (Wildman–Crippen MR) is 96.3 cm³/mol. The van der Waals surface area contributed by atoms with Crippen molar-refractivity contribution in [1.82, 2.24) is 14.4 Å². The van der Waals surface area contributed by atoms with Crippen LogP contribution in [0.1, 0.15) is 31.7 Å². The molecule has 0 aliphatic rings. The second-order valence-electron chi connectivity index (χ2n) is 5.93. The summed E-state index contributed by atoms with van der Waals surface area (Å²) < 4.78 is 33.0. The lowest BCUT2D eigenvalue weighted by atomic mass is 10.2. The highest BCUT2D eigenvalue weighted by atomic mass is 32.2. The van der Waals surface area contributed by atoms with Gasteiger partial charge in [0.05, 0.1) is 6.61 Å². The fourth-order valence-corrected chi connectivity index (χ4v) is 4.04. The molecule has 0 spiro atoms. The van der Waals surface area contributed by atoms with E-state index < -0.39 is 10.0 Å². The van der Waals surface area contributed by atoms with Crippen molar-refractivity contribution in [3.63, 3.8) is 0 Å². The maximum absolute atomic E-state index is 13.2. The Hall–Kier alpha value is -2.41. The van der Waals surface area contributed by atoms with Crippen molar-refractivity contribution in [2.45, 2.75) is 38.0 Å². The van der Waals surface area contributed by atoms with E-state index in [1.165, 1.54) is 0 Å². The highest BCUT2D eigenvalue weighted by Gasteiger charge is 2.25. The molecule has 0 saturated carbocycles. The van der Waals surface area contributed by atoms with Crippen LogP contribution >= 0.6 is 0 Å². The molecular weight excluding hydrogens is 338 g/mol.